The predicted octanol–water partition coefficient (Wildman–Crippen LogP) is 1.81. The van der Waals surface area contributed by atoms with E-state index in [4.69, 9.17) is 9.47 Å². The molecule has 6 heteroatoms. The summed E-state index contributed by atoms with van der Waals surface area (Å²) in [5.41, 5.74) is 1.32. The van der Waals surface area contributed by atoms with E-state index >= 15 is 0 Å². The van der Waals surface area contributed by atoms with Crippen LogP contribution in [0.1, 0.15) is 15.9 Å². The van der Waals surface area contributed by atoms with Crippen molar-refractivity contribution in [1.29, 1.82) is 0 Å². The first-order chi connectivity index (χ1) is 9.74. The molecule has 102 valence electrons. The first-order valence-electron chi connectivity index (χ1n) is 6.22. The number of nitrogens with one attached hydrogen (secondary N) is 1. The first kappa shape index (κ1) is 12.4. The number of benzene rings is 1. The second-order valence-corrected chi connectivity index (χ2v) is 4.34. The molecule has 1 amide bonds. The van der Waals surface area contributed by atoms with Crippen LogP contribution in [0.4, 0.5) is 5.95 Å². The van der Waals surface area contributed by atoms with Gasteiger partial charge in [0.1, 0.15) is 13.2 Å². The molecule has 0 saturated carbocycles. The third kappa shape index (κ3) is 2.40. The molecule has 1 aromatic heterocycles. The molecule has 1 aliphatic rings. The zero-order chi connectivity index (χ0) is 13.9. The summed E-state index contributed by atoms with van der Waals surface area (Å²) in [6, 6.07) is 5.17. The Labute approximate surface area is 115 Å². The van der Waals surface area contributed by atoms with Crippen molar-refractivity contribution in [1.82, 2.24) is 9.97 Å². The van der Waals surface area contributed by atoms with Gasteiger partial charge in [0, 0.05) is 18.0 Å². The molecule has 2 heterocycles. The summed E-state index contributed by atoms with van der Waals surface area (Å²) in [6.45, 7) is 2.85. The molecule has 0 aliphatic carbocycles. The molecule has 0 spiro atoms. The Morgan fingerprint density at radius 1 is 1.15 bits per heavy atom. The smallest absolute Gasteiger partial charge is 0.258 e. The van der Waals surface area contributed by atoms with Crippen LogP contribution in [-0.4, -0.2) is 29.1 Å². The fourth-order valence-electron chi connectivity index (χ4n) is 1.97. The Hall–Kier alpha value is -2.63. The van der Waals surface area contributed by atoms with Gasteiger partial charge in [-0.25, -0.2) is 9.97 Å². The van der Waals surface area contributed by atoms with Gasteiger partial charge in [0.25, 0.3) is 5.91 Å². The quantitative estimate of drug-likeness (QED) is 0.901. The Morgan fingerprint density at radius 3 is 2.50 bits per heavy atom. The number of hydrogen-bond acceptors (Lipinski definition) is 5. The summed E-state index contributed by atoms with van der Waals surface area (Å²) in [7, 11) is 0. The van der Waals surface area contributed by atoms with E-state index in [1.54, 1.807) is 30.6 Å². The van der Waals surface area contributed by atoms with E-state index in [1.807, 2.05) is 6.92 Å². The molecule has 1 aliphatic heterocycles. The molecule has 0 fully saturated rings. The van der Waals surface area contributed by atoms with Crippen LogP contribution in [0, 0.1) is 6.92 Å². The largest absolute Gasteiger partial charge is 0.486 e. The van der Waals surface area contributed by atoms with Crippen LogP contribution in [0.5, 0.6) is 11.5 Å². The van der Waals surface area contributed by atoms with Crippen LogP contribution in [0.25, 0.3) is 0 Å². The molecule has 0 atom stereocenters. The molecular formula is C14H13N3O3. The normalized spacial score (nSPS) is 12.8. The fourth-order valence-corrected chi connectivity index (χ4v) is 1.97. The fraction of sp³-hybridized carbons (Fsp3) is 0.214. The van der Waals surface area contributed by atoms with E-state index in [-0.39, 0.29) is 11.9 Å². The molecule has 1 aromatic carbocycles. The summed E-state index contributed by atoms with van der Waals surface area (Å²) < 4.78 is 11.0. The number of fused-ring (bicyclic) bond motifs is 1. The highest BCUT2D eigenvalue weighted by atomic mass is 16.6. The lowest BCUT2D eigenvalue weighted by atomic mass is 10.1. The molecule has 20 heavy (non-hydrogen) atoms. The minimum absolute atomic E-state index is 0.270. The first-order valence-corrected chi connectivity index (χ1v) is 6.22. The lowest BCUT2D eigenvalue weighted by Gasteiger charge is -2.20. The zero-order valence-corrected chi connectivity index (χ0v) is 10.9. The highest BCUT2D eigenvalue weighted by Gasteiger charge is 2.18. The number of aromatic nitrogens is 2. The Kier molecular flexibility index (Phi) is 3.20. The van der Waals surface area contributed by atoms with Gasteiger partial charge < -0.3 is 9.47 Å². The highest BCUT2D eigenvalue weighted by Crippen LogP contribution is 2.33. The minimum Gasteiger partial charge on any atom is -0.486 e. The van der Waals surface area contributed by atoms with Crippen molar-refractivity contribution >= 4 is 11.9 Å². The summed E-state index contributed by atoms with van der Waals surface area (Å²) in [5.74, 6) is 1.25. The monoisotopic (exact) mass is 271 g/mol. The van der Waals surface area contributed by atoms with E-state index < -0.39 is 0 Å². The van der Waals surface area contributed by atoms with Gasteiger partial charge in [-0.1, -0.05) is 0 Å². The number of carbonyl (C=O) groups excluding carboxylic acids is 1. The number of nitrogens with zero attached hydrogens (tertiary/aromatic N) is 2. The summed E-state index contributed by atoms with van der Waals surface area (Å²) in [5, 5.41) is 2.65. The average molecular weight is 271 g/mol. The summed E-state index contributed by atoms with van der Waals surface area (Å²) >= 11 is 0. The maximum atomic E-state index is 12.2. The second kappa shape index (κ2) is 5.16. The van der Waals surface area contributed by atoms with Gasteiger partial charge >= 0.3 is 0 Å². The highest BCUT2D eigenvalue weighted by molar-refractivity contribution is 6.04. The molecule has 0 radical (unpaired) electrons. The van der Waals surface area contributed by atoms with Gasteiger partial charge in [0.05, 0.1) is 0 Å². The van der Waals surface area contributed by atoms with Gasteiger partial charge in [0.2, 0.25) is 5.95 Å². The van der Waals surface area contributed by atoms with Crippen molar-refractivity contribution in [3.63, 3.8) is 0 Å². The third-order valence-electron chi connectivity index (χ3n) is 2.92. The minimum atomic E-state index is -0.273. The van der Waals surface area contributed by atoms with Crippen molar-refractivity contribution in [2.75, 3.05) is 18.5 Å². The number of carbonyl (C=O) groups is 1. The number of anilines is 1. The van der Waals surface area contributed by atoms with Crippen molar-refractivity contribution < 1.29 is 14.3 Å². The SMILES string of the molecule is Cc1cc2c(cc1C(=O)Nc1ncccn1)OCCO2. The van der Waals surface area contributed by atoms with Crippen molar-refractivity contribution in [3.8, 4) is 11.5 Å². The molecule has 1 N–H and O–H groups in total. The van der Waals surface area contributed by atoms with Crippen LogP contribution < -0.4 is 14.8 Å². The van der Waals surface area contributed by atoms with Crippen molar-refractivity contribution in [2.45, 2.75) is 6.92 Å². The van der Waals surface area contributed by atoms with E-state index in [1.165, 1.54) is 0 Å². The van der Waals surface area contributed by atoms with Crippen molar-refractivity contribution in [2.24, 2.45) is 0 Å². The molecule has 0 saturated heterocycles. The number of ether oxygens (including phenoxy) is 2. The van der Waals surface area contributed by atoms with Gasteiger partial charge in [-0.3, -0.25) is 10.1 Å². The van der Waals surface area contributed by atoms with E-state index in [0.717, 1.165) is 5.56 Å². The predicted molar refractivity (Wildman–Crippen MR) is 72.2 cm³/mol. The molecular weight excluding hydrogens is 258 g/mol. The van der Waals surface area contributed by atoms with Gasteiger partial charge in [-0.15, -0.1) is 0 Å². The van der Waals surface area contributed by atoms with Crippen LogP contribution >= 0.6 is 0 Å². The summed E-state index contributed by atoms with van der Waals surface area (Å²) in [4.78, 5) is 20.2. The Bertz CT molecular complexity index is 644. The molecule has 6 nitrogen and oxygen atoms in total. The van der Waals surface area contributed by atoms with E-state index in [9.17, 15) is 4.79 Å². The van der Waals surface area contributed by atoms with Gasteiger partial charge in [0.15, 0.2) is 11.5 Å². The van der Waals surface area contributed by atoms with Gasteiger partial charge in [-0.05, 0) is 30.7 Å². The second-order valence-electron chi connectivity index (χ2n) is 4.34. The molecule has 3 rings (SSSR count). The Morgan fingerprint density at radius 2 is 1.80 bits per heavy atom. The van der Waals surface area contributed by atoms with Gasteiger partial charge in [-0.2, -0.15) is 0 Å². The van der Waals surface area contributed by atoms with Crippen LogP contribution in [0.3, 0.4) is 0 Å². The molecule has 0 bridgehead atoms. The standard InChI is InChI=1S/C14H13N3O3/c1-9-7-11-12(20-6-5-19-11)8-10(9)13(18)17-14-15-3-2-4-16-14/h2-4,7-8H,5-6H2,1H3,(H,15,16,17,18). The topological polar surface area (TPSA) is 73.3 Å². The molecule has 2 aromatic rings. The lowest BCUT2D eigenvalue weighted by Crippen LogP contribution is -2.19. The van der Waals surface area contributed by atoms with Crippen molar-refractivity contribution in [3.05, 3.63) is 41.7 Å². The van der Waals surface area contributed by atoms with E-state index in [0.29, 0.717) is 30.3 Å². The maximum absolute atomic E-state index is 12.2. The van der Waals surface area contributed by atoms with Crippen LogP contribution in [-0.2, 0) is 0 Å². The zero-order valence-electron chi connectivity index (χ0n) is 10.9. The Balaban J connectivity index is 1.88. The van der Waals surface area contributed by atoms with Crippen LogP contribution in [0.15, 0.2) is 30.6 Å². The lowest BCUT2D eigenvalue weighted by molar-refractivity contribution is 0.102. The summed E-state index contributed by atoms with van der Waals surface area (Å²) in [6.07, 6.45) is 3.14. The number of hydrogen-bond donors (Lipinski definition) is 1. The third-order valence-corrected chi connectivity index (χ3v) is 2.92. The number of rotatable bonds is 2. The van der Waals surface area contributed by atoms with E-state index in [2.05, 4.69) is 15.3 Å². The number of amides is 1. The molecule has 0 unspecified atom stereocenters. The average Bonchev–Trinajstić information content (AvgIpc) is 2.47. The number of aryl methyl sites for hydroxylation is 1. The van der Waals surface area contributed by atoms with Crippen LogP contribution in [0.2, 0.25) is 0 Å². The maximum Gasteiger partial charge on any atom is 0.258 e.